The number of benzene rings is 2. The number of hydrogen-bond acceptors (Lipinski definition) is 4. The molecular weight excluding hydrogens is 380 g/mol. The van der Waals surface area contributed by atoms with Gasteiger partial charge in [0.2, 0.25) is 0 Å². The number of amides is 1. The molecule has 1 N–H and O–H groups in total. The molecule has 150 valence electrons. The van der Waals surface area contributed by atoms with E-state index in [9.17, 15) is 9.59 Å². The number of methoxy groups -OCH3 is 1. The van der Waals surface area contributed by atoms with Gasteiger partial charge < -0.3 is 19.2 Å². The minimum atomic E-state index is -0.367. The average molecular weight is 400 g/mol. The maximum Gasteiger partial charge on any atom is 0.337 e. The second kappa shape index (κ2) is 7.18. The number of fused-ring (bicyclic) bond motifs is 3. The Kier molecular flexibility index (Phi) is 4.35. The van der Waals surface area contributed by atoms with Crippen LogP contribution in [0.3, 0.4) is 0 Å². The number of ether oxygens (including phenoxy) is 1. The quantitative estimate of drug-likeness (QED) is 0.535. The lowest BCUT2D eigenvalue weighted by Crippen LogP contribution is -2.35. The molecule has 5 rings (SSSR count). The summed E-state index contributed by atoms with van der Waals surface area (Å²) in [5.41, 5.74) is 5.25. The van der Waals surface area contributed by atoms with Gasteiger partial charge in [0.15, 0.2) is 0 Å². The van der Waals surface area contributed by atoms with Crippen molar-refractivity contribution in [3.8, 4) is 5.69 Å². The molecule has 0 radical (unpaired) electrons. The summed E-state index contributed by atoms with van der Waals surface area (Å²) in [5, 5.41) is 0.959. The molecule has 0 saturated heterocycles. The van der Waals surface area contributed by atoms with E-state index >= 15 is 0 Å². The van der Waals surface area contributed by atoms with Gasteiger partial charge in [-0.25, -0.2) is 9.78 Å². The second-order valence-electron chi connectivity index (χ2n) is 7.33. The number of hydrogen-bond donors (Lipinski definition) is 1. The highest BCUT2D eigenvalue weighted by molar-refractivity contribution is 5.97. The fraction of sp³-hybridized carbons (Fsp3) is 0.174. The Balaban J connectivity index is 1.42. The van der Waals surface area contributed by atoms with E-state index in [-0.39, 0.29) is 11.9 Å². The fourth-order valence-electron chi connectivity index (χ4n) is 4.00. The number of nitrogens with one attached hydrogen (secondary N) is 1. The van der Waals surface area contributed by atoms with E-state index in [2.05, 4.69) is 9.97 Å². The Morgan fingerprint density at radius 1 is 1.10 bits per heavy atom. The summed E-state index contributed by atoms with van der Waals surface area (Å²) < 4.78 is 6.74. The second-order valence-corrected chi connectivity index (χ2v) is 7.33. The van der Waals surface area contributed by atoms with E-state index < -0.39 is 0 Å². The molecule has 1 aliphatic rings. The molecule has 7 nitrogen and oxygen atoms in total. The topological polar surface area (TPSA) is 80.2 Å². The Labute approximate surface area is 172 Å². The number of carbonyl (C=O) groups is 2. The van der Waals surface area contributed by atoms with Crippen LogP contribution >= 0.6 is 0 Å². The summed E-state index contributed by atoms with van der Waals surface area (Å²) in [6, 6.07) is 13.0. The van der Waals surface area contributed by atoms with Crippen LogP contribution in [0.15, 0.2) is 61.2 Å². The maximum absolute atomic E-state index is 13.1. The molecule has 30 heavy (non-hydrogen) atoms. The zero-order valence-corrected chi connectivity index (χ0v) is 16.5. The molecule has 0 unspecified atom stereocenters. The fourth-order valence-corrected chi connectivity index (χ4v) is 4.00. The van der Waals surface area contributed by atoms with E-state index in [0.717, 1.165) is 34.3 Å². The molecule has 2 aromatic heterocycles. The van der Waals surface area contributed by atoms with Crippen molar-refractivity contribution >= 4 is 22.8 Å². The zero-order valence-electron chi connectivity index (χ0n) is 16.5. The molecule has 1 amide bonds. The summed E-state index contributed by atoms with van der Waals surface area (Å²) >= 11 is 0. The molecule has 2 aromatic carbocycles. The Morgan fingerprint density at radius 2 is 1.90 bits per heavy atom. The molecule has 7 heteroatoms. The molecule has 0 spiro atoms. The largest absolute Gasteiger partial charge is 0.465 e. The summed E-state index contributed by atoms with van der Waals surface area (Å²) in [6.45, 7) is 1.15. The summed E-state index contributed by atoms with van der Waals surface area (Å²) in [5.74, 6) is -0.370. The third-order valence-electron chi connectivity index (χ3n) is 5.60. The Bertz CT molecular complexity index is 1240. The van der Waals surface area contributed by atoms with Gasteiger partial charge in [-0.3, -0.25) is 4.79 Å². The van der Waals surface area contributed by atoms with Gasteiger partial charge in [0.05, 0.1) is 19.0 Å². The van der Waals surface area contributed by atoms with Crippen LogP contribution in [-0.2, 0) is 17.7 Å². The smallest absolute Gasteiger partial charge is 0.337 e. The van der Waals surface area contributed by atoms with Crippen LogP contribution in [0.4, 0.5) is 0 Å². The van der Waals surface area contributed by atoms with Crippen molar-refractivity contribution in [3.63, 3.8) is 0 Å². The highest BCUT2D eigenvalue weighted by atomic mass is 16.5. The van der Waals surface area contributed by atoms with Gasteiger partial charge in [0, 0.05) is 65.3 Å². The molecule has 0 atom stereocenters. The van der Waals surface area contributed by atoms with E-state index in [1.54, 1.807) is 18.6 Å². The standard InChI is InChI=1S/C23H20N4O3/c1-30-23(29)16-4-7-20-18(12-16)19-13-26(10-8-21(19)25-20)22(28)15-2-5-17(6-3-15)27-11-9-24-14-27/h2-7,9,11-12,14,25H,8,10,13H2,1H3. The van der Waals surface area contributed by atoms with E-state index in [1.165, 1.54) is 7.11 Å². The zero-order chi connectivity index (χ0) is 20.7. The Hall–Kier alpha value is -3.87. The third kappa shape index (κ3) is 3.04. The van der Waals surface area contributed by atoms with E-state index in [4.69, 9.17) is 4.74 Å². The van der Waals surface area contributed by atoms with Crippen molar-refractivity contribution < 1.29 is 14.3 Å². The van der Waals surface area contributed by atoms with E-state index in [1.807, 2.05) is 52.1 Å². The Morgan fingerprint density at radius 3 is 2.63 bits per heavy atom. The predicted octanol–water partition coefficient (Wildman–Crippen LogP) is 3.34. The van der Waals surface area contributed by atoms with Crippen LogP contribution in [-0.4, -0.2) is 45.0 Å². The first-order valence-electron chi connectivity index (χ1n) is 9.73. The first kappa shape index (κ1) is 18.2. The lowest BCUT2D eigenvalue weighted by molar-refractivity contribution is 0.0600. The van der Waals surface area contributed by atoms with Gasteiger partial charge in [0.1, 0.15) is 0 Å². The van der Waals surface area contributed by atoms with Crippen molar-refractivity contribution in [1.82, 2.24) is 19.4 Å². The van der Waals surface area contributed by atoms with E-state index in [0.29, 0.717) is 24.2 Å². The van der Waals surface area contributed by atoms with Crippen LogP contribution in [0.25, 0.3) is 16.6 Å². The lowest BCUT2D eigenvalue weighted by atomic mass is 10.0. The number of aromatic nitrogens is 3. The molecule has 0 aliphatic carbocycles. The average Bonchev–Trinajstić information content (AvgIpc) is 3.45. The van der Waals surface area contributed by atoms with Crippen LogP contribution in [0.1, 0.15) is 32.0 Å². The number of nitrogens with zero attached hydrogens (tertiary/aromatic N) is 3. The normalized spacial score (nSPS) is 13.3. The van der Waals surface area contributed by atoms with Crippen LogP contribution in [0.2, 0.25) is 0 Å². The third-order valence-corrected chi connectivity index (χ3v) is 5.60. The molecule has 0 fully saturated rings. The number of esters is 1. The summed E-state index contributed by atoms with van der Waals surface area (Å²) in [4.78, 5) is 34.4. The number of rotatable bonds is 3. The van der Waals surface area contributed by atoms with Gasteiger partial charge >= 0.3 is 5.97 Å². The molecule has 0 saturated carbocycles. The first-order chi connectivity index (χ1) is 14.6. The van der Waals surface area contributed by atoms with Gasteiger partial charge in [-0.2, -0.15) is 0 Å². The van der Waals surface area contributed by atoms with Gasteiger partial charge in [0.25, 0.3) is 5.91 Å². The van der Waals surface area contributed by atoms with Crippen molar-refractivity contribution in [2.75, 3.05) is 13.7 Å². The van der Waals surface area contributed by atoms with Gasteiger partial charge in [-0.1, -0.05) is 0 Å². The van der Waals surface area contributed by atoms with Crippen LogP contribution in [0, 0.1) is 0 Å². The van der Waals surface area contributed by atoms with Crippen LogP contribution < -0.4 is 0 Å². The first-order valence-corrected chi connectivity index (χ1v) is 9.73. The van der Waals surface area contributed by atoms with Crippen molar-refractivity contribution in [2.24, 2.45) is 0 Å². The van der Waals surface area contributed by atoms with Crippen LogP contribution in [0.5, 0.6) is 0 Å². The molecule has 4 aromatic rings. The number of H-pyrrole nitrogens is 1. The van der Waals surface area contributed by atoms with Crippen molar-refractivity contribution in [3.05, 3.63) is 83.6 Å². The van der Waals surface area contributed by atoms with Crippen molar-refractivity contribution in [1.29, 1.82) is 0 Å². The number of carbonyl (C=O) groups excluding carboxylic acids is 2. The molecule has 1 aliphatic heterocycles. The highest BCUT2D eigenvalue weighted by Gasteiger charge is 2.25. The van der Waals surface area contributed by atoms with Gasteiger partial charge in [-0.05, 0) is 42.5 Å². The predicted molar refractivity (Wildman–Crippen MR) is 112 cm³/mol. The SMILES string of the molecule is COC(=O)c1ccc2[nH]c3c(c2c1)CN(C(=O)c1ccc(-n2ccnc2)cc1)CC3. The number of imidazole rings is 1. The molecular formula is C23H20N4O3. The molecule has 0 bridgehead atoms. The minimum absolute atomic E-state index is 0.00342. The lowest BCUT2D eigenvalue weighted by Gasteiger charge is -2.27. The van der Waals surface area contributed by atoms with Gasteiger partial charge in [-0.15, -0.1) is 0 Å². The summed E-state index contributed by atoms with van der Waals surface area (Å²) in [7, 11) is 1.37. The monoisotopic (exact) mass is 400 g/mol. The maximum atomic E-state index is 13.1. The van der Waals surface area contributed by atoms with Crippen molar-refractivity contribution in [2.45, 2.75) is 13.0 Å². The highest BCUT2D eigenvalue weighted by Crippen LogP contribution is 2.29. The number of aromatic amines is 1. The molecule has 3 heterocycles. The summed E-state index contributed by atoms with van der Waals surface area (Å²) in [6.07, 6.45) is 6.05. The minimum Gasteiger partial charge on any atom is -0.465 e.